The zero-order valence-corrected chi connectivity index (χ0v) is 17.8. The second kappa shape index (κ2) is 9.69. The van der Waals surface area contributed by atoms with Crippen LogP contribution in [-0.2, 0) is 16.0 Å². The number of nitrogens with one attached hydrogen (secondary N) is 1. The number of halogens is 2. The van der Waals surface area contributed by atoms with Gasteiger partial charge in [0.05, 0.1) is 15.6 Å². The Hall–Kier alpha value is -2.68. The van der Waals surface area contributed by atoms with Crippen LogP contribution in [0.5, 0.6) is 0 Å². The molecule has 2 rings (SSSR count). The Labute approximate surface area is 180 Å². The maximum absolute atomic E-state index is 11.9. The molecule has 2 aromatic rings. The Morgan fingerprint density at radius 1 is 1.07 bits per heavy atom. The summed E-state index contributed by atoms with van der Waals surface area (Å²) in [6, 6.07) is 11.1. The molecule has 0 heterocycles. The normalized spacial score (nSPS) is 11.8. The van der Waals surface area contributed by atoms with Crippen LogP contribution in [0.3, 0.4) is 0 Å². The van der Waals surface area contributed by atoms with Crippen LogP contribution in [0.1, 0.15) is 37.5 Å². The van der Waals surface area contributed by atoms with Crippen molar-refractivity contribution >= 4 is 35.3 Å². The van der Waals surface area contributed by atoms with E-state index in [-0.39, 0.29) is 6.42 Å². The molecule has 29 heavy (non-hydrogen) atoms. The molecule has 0 aliphatic heterocycles. The molecule has 2 N–H and O–H groups in total. The van der Waals surface area contributed by atoms with Gasteiger partial charge in [-0.2, -0.15) is 0 Å². The smallest absolute Gasteiger partial charge is 0.408 e. The standard InChI is InChI=1S/C22H21Cl2NO4/c1-22(2,3)29-21(28)25-19(20(26)27)13-15-9-7-14(8-10-15)11-12-16-17(23)5-4-6-18(16)24/h4-10,19H,13H2,1-3H3,(H,25,28)(H,26,27)/t19-/m0/s1. The Bertz CT molecular complexity index is 933. The molecular formula is C22H21Cl2NO4. The number of amides is 1. The van der Waals surface area contributed by atoms with Crippen LogP contribution in [0, 0.1) is 11.8 Å². The number of carboxylic acids is 1. The second-order valence-corrected chi connectivity index (χ2v) is 8.10. The predicted octanol–water partition coefficient (Wildman–Crippen LogP) is 4.91. The zero-order valence-electron chi connectivity index (χ0n) is 16.3. The minimum absolute atomic E-state index is 0.110. The van der Waals surface area contributed by atoms with Gasteiger partial charge in [-0.25, -0.2) is 9.59 Å². The van der Waals surface area contributed by atoms with Gasteiger partial charge in [-0.1, -0.05) is 53.2 Å². The van der Waals surface area contributed by atoms with Gasteiger partial charge in [-0.15, -0.1) is 0 Å². The first-order chi connectivity index (χ1) is 13.5. The molecule has 0 aliphatic rings. The Kier molecular flexibility index (Phi) is 7.55. The van der Waals surface area contributed by atoms with E-state index in [0.29, 0.717) is 15.6 Å². The zero-order chi connectivity index (χ0) is 21.6. The summed E-state index contributed by atoms with van der Waals surface area (Å²) in [6.07, 6.45) is -0.664. The van der Waals surface area contributed by atoms with E-state index < -0.39 is 23.7 Å². The van der Waals surface area contributed by atoms with E-state index in [0.717, 1.165) is 11.1 Å². The number of rotatable bonds is 4. The molecule has 0 fully saturated rings. The summed E-state index contributed by atoms with van der Waals surface area (Å²) in [5.74, 6) is 4.78. The molecule has 0 saturated carbocycles. The van der Waals surface area contributed by atoms with E-state index in [1.165, 1.54) is 0 Å². The van der Waals surface area contributed by atoms with Gasteiger partial charge in [0.2, 0.25) is 0 Å². The number of carbonyl (C=O) groups is 2. The summed E-state index contributed by atoms with van der Waals surface area (Å²) >= 11 is 12.2. The molecule has 0 unspecified atom stereocenters. The van der Waals surface area contributed by atoms with E-state index in [1.807, 2.05) is 0 Å². The third-order valence-electron chi connectivity index (χ3n) is 3.68. The van der Waals surface area contributed by atoms with Gasteiger partial charge in [0.25, 0.3) is 0 Å². The summed E-state index contributed by atoms with van der Waals surface area (Å²) in [5, 5.41) is 12.7. The SMILES string of the molecule is CC(C)(C)OC(=O)N[C@@H](Cc1ccc(C#Cc2c(Cl)cccc2Cl)cc1)C(=O)O. The van der Waals surface area contributed by atoms with E-state index in [9.17, 15) is 14.7 Å². The molecule has 0 aliphatic carbocycles. The number of benzene rings is 2. The summed E-state index contributed by atoms with van der Waals surface area (Å²) in [4.78, 5) is 23.3. The van der Waals surface area contributed by atoms with E-state index >= 15 is 0 Å². The molecule has 0 saturated heterocycles. The number of hydrogen-bond donors (Lipinski definition) is 2. The highest BCUT2D eigenvalue weighted by Crippen LogP contribution is 2.23. The fraction of sp³-hybridized carbons (Fsp3) is 0.273. The van der Waals surface area contributed by atoms with Crippen LogP contribution >= 0.6 is 23.2 Å². The van der Waals surface area contributed by atoms with Crippen LogP contribution in [0.2, 0.25) is 10.0 Å². The van der Waals surface area contributed by atoms with Crippen molar-refractivity contribution in [1.82, 2.24) is 5.32 Å². The molecule has 152 valence electrons. The van der Waals surface area contributed by atoms with Gasteiger partial charge >= 0.3 is 12.1 Å². The number of hydrogen-bond acceptors (Lipinski definition) is 3. The first-order valence-corrected chi connectivity index (χ1v) is 9.58. The molecule has 0 aromatic heterocycles. The Morgan fingerprint density at radius 3 is 2.17 bits per heavy atom. The summed E-state index contributed by atoms with van der Waals surface area (Å²) < 4.78 is 5.12. The molecule has 5 nitrogen and oxygen atoms in total. The van der Waals surface area contributed by atoms with Crippen molar-refractivity contribution in [1.29, 1.82) is 0 Å². The molecule has 0 radical (unpaired) electrons. The van der Waals surface area contributed by atoms with Crippen molar-refractivity contribution in [2.75, 3.05) is 0 Å². The Balaban J connectivity index is 2.08. The van der Waals surface area contributed by atoms with E-state index in [2.05, 4.69) is 17.2 Å². The lowest BCUT2D eigenvalue weighted by Crippen LogP contribution is -2.44. The summed E-state index contributed by atoms with van der Waals surface area (Å²) in [5.41, 5.74) is 1.29. The van der Waals surface area contributed by atoms with Gasteiger partial charge in [-0.3, -0.25) is 0 Å². The molecule has 1 amide bonds. The van der Waals surface area contributed by atoms with Gasteiger partial charge < -0.3 is 15.2 Å². The largest absolute Gasteiger partial charge is 0.480 e. The first-order valence-electron chi connectivity index (χ1n) is 8.82. The third kappa shape index (κ3) is 7.34. The van der Waals surface area contributed by atoms with E-state index in [4.69, 9.17) is 27.9 Å². The Morgan fingerprint density at radius 2 is 1.66 bits per heavy atom. The second-order valence-electron chi connectivity index (χ2n) is 7.28. The quantitative estimate of drug-likeness (QED) is 0.671. The maximum Gasteiger partial charge on any atom is 0.408 e. The van der Waals surface area contributed by atoms with Gasteiger partial charge in [-0.05, 0) is 50.6 Å². The van der Waals surface area contributed by atoms with Crippen LogP contribution < -0.4 is 5.32 Å². The highest BCUT2D eigenvalue weighted by molar-refractivity contribution is 6.36. The molecule has 2 aromatic carbocycles. The fourth-order valence-corrected chi connectivity index (χ4v) is 2.85. The van der Waals surface area contributed by atoms with Crippen molar-refractivity contribution < 1.29 is 19.4 Å². The van der Waals surface area contributed by atoms with Crippen LogP contribution in [0.25, 0.3) is 0 Å². The average Bonchev–Trinajstić information content (AvgIpc) is 2.60. The number of alkyl carbamates (subject to hydrolysis) is 1. The molecule has 7 heteroatoms. The average molecular weight is 434 g/mol. The van der Waals surface area contributed by atoms with Crippen LogP contribution in [-0.4, -0.2) is 28.8 Å². The summed E-state index contributed by atoms with van der Waals surface area (Å²) in [6.45, 7) is 5.12. The summed E-state index contributed by atoms with van der Waals surface area (Å²) in [7, 11) is 0. The molecule has 1 atom stereocenters. The third-order valence-corrected chi connectivity index (χ3v) is 4.31. The maximum atomic E-state index is 11.9. The minimum atomic E-state index is -1.15. The fourth-order valence-electron chi connectivity index (χ4n) is 2.36. The topological polar surface area (TPSA) is 75.6 Å². The first kappa shape index (κ1) is 22.6. The van der Waals surface area contributed by atoms with Crippen LogP contribution in [0.4, 0.5) is 4.79 Å². The minimum Gasteiger partial charge on any atom is -0.480 e. The molecule has 0 bridgehead atoms. The highest BCUT2D eigenvalue weighted by atomic mass is 35.5. The monoisotopic (exact) mass is 433 g/mol. The predicted molar refractivity (Wildman–Crippen MR) is 113 cm³/mol. The van der Waals surface area contributed by atoms with Gasteiger partial charge in [0.15, 0.2) is 0 Å². The number of aliphatic carboxylic acids is 1. The molecule has 0 spiro atoms. The van der Waals surface area contributed by atoms with Crippen molar-refractivity contribution in [3.8, 4) is 11.8 Å². The highest BCUT2D eigenvalue weighted by Gasteiger charge is 2.24. The molecular weight excluding hydrogens is 413 g/mol. The van der Waals surface area contributed by atoms with Crippen molar-refractivity contribution in [3.63, 3.8) is 0 Å². The van der Waals surface area contributed by atoms with E-state index in [1.54, 1.807) is 63.2 Å². The van der Waals surface area contributed by atoms with Crippen molar-refractivity contribution in [3.05, 3.63) is 69.2 Å². The number of ether oxygens (including phenoxy) is 1. The van der Waals surface area contributed by atoms with Gasteiger partial charge in [0, 0.05) is 12.0 Å². The van der Waals surface area contributed by atoms with Crippen LogP contribution in [0.15, 0.2) is 42.5 Å². The lowest BCUT2D eigenvalue weighted by molar-refractivity contribution is -0.139. The lowest BCUT2D eigenvalue weighted by Gasteiger charge is -2.22. The van der Waals surface area contributed by atoms with Crippen molar-refractivity contribution in [2.45, 2.75) is 38.8 Å². The lowest BCUT2D eigenvalue weighted by atomic mass is 10.0. The number of carboxylic acid groups (broad SMARTS) is 1. The van der Waals surface area contributed by atoms with Gasteiger partial charge in [0.1, 0.15) is 11.6 Å². The van der Waals surface area contributed by atoms with Crippen molar-refractivity contribution in [2.24, 2.45) is 0 Å². The number of carbonyl (C=O) groups excluding carboxylic acids is 1.